The quantitative estimate of drug-likeness (QED) is 0.759. The molecule has 3 nitrogen and oxygen atoms in total. The summed E-state index contributed by atoms with van der Waals surface area (Å²) in [4.78, 5) is 13.3. The van der Waals surface area contributed by atoms with Crippen LogP contribution in [0.1, 0.15) is 12.5 Å². The molecule has 1 amide bonds. The number of carbonyl (C=O) groups excluding carboxylic acids is 1. The fraction of sp³-hybridized carbons (Fsp3) is 0.357. The third-order valence-corrected chi connectivity index (χ3v) is 2.78. The highest BCUT2D eigenvalue weighted by molar-refractivity contribution is 5.86. The van der Waals surface area contributed by atoms with E-state index in [1.54, 1.807) is 0 Å². The van der Waals surface area contributed by atoms with E-state index in [9.17, 15) is 4.79 Å². The van der Waals surface area contributed by atoms with E-state index in [4.69, 9.17) is 0 Å². The Morgan fingerprint density at radius 3 is 2.71 bits per heavy atom. The van der Waals surface area contributed by atoms with Crippen molar-refractivity contribution in [2.75, 3.05) is 13.6 Å². The molecule has 0 heterocycles. The minimum atomic E-state index is -0.120. The Kier molecular flexibility index (Phi) is 5.43. The number of nitrogens with zero attached hydrogens (tertiary/aromatic N) is 1. The summed E-state index contributed by atoms with van der Waals surface area (Å²) >= 11 is 0. The number of rotatable bonds is 6. The summed E-state index contributed by atoms with van der Waals surface area (Å²) in [6, 6.07) is 10.6. The van der Waals surface area contributed by atoms with E-state index < -0.39 is 0 Å². The predicted octanol–water partition coefficient (Wildman–Crippen LogP) is 1.81. The van der Waals surface area contributed by atoms with E-state index in [0.717, 1.165) is 6.54 Å². The Morgan fingerprint density at radius 1 is 1.47 bits per heavy atom. The van der Waals surface area contributed by atoms with Crippen molar-refractivity contribution >= 4 is 5.91 Å². The molecule has 3 heteroatoms. The van der Waals surface area contributed by atoms with Crippen molar-refractivity contribution in [3.63, 3.8) is 0 Å². The van der Waals surface area contributed by atoms with E-state index in [2.05, 4.69) is 42.9 Å². The van der Waals surface area contributed by atoms with Gasteiger partial charge in [-0.25, -0.2) is 0 Å². The summed E-state index contributed by atoms with van der Waals surface area (Å²) in [5, 5.41) is 2.80. The molecular formula is C14H20N2O. The average Bonchev–Trinajstić information content (AvgIpc) is 2.36. The van der Waals surface area contributed by atoms with Crippen molar-refractivity contribution in [3.05, 3.63) is 48.6 Å². The Hall–Kier alpha value is -1.61. The number of likely N-dealkylation sites (N-methyl/N-ethyl adjacent to an activating group) is 1. The molecule has 0 bridgehead atoms. The third-order valence-electron chi connectivity index (χ3n) is 2.78. The van der Waals surface area contributed by atoms with Gasteiger partial charge in [-0.1, -0.05) is 36.9 Å². The van der Waals surface area contributed by atoms with Crippen LogP contribution < -0.4 is 5.32 Å². The van der Waals surface area contributed by atoms with Crippen LogP contribution in [0.3, 0.4) is 0 Å². The molecule has 0 aliphatic carbocycles. The van der Waals surface area contributed by atoms with Gasteiger partial charge in [0, 0.05) is 19.1 Å². The summed E-state index contributed by atoms with van der Waals surface area (Å²) in [6.45, 7) is 7.03. The third kappa shape index (κ3) is 4.83. The molecule has 17 heavy (non-hydrogen) atoms. The lowest BCUT2D eigenvalue weighted by molar-refractivity contribution is -0.116. The first kappa shape index (κ1) is 13.5. The maximum atomic E-state index is 11.0. The number of nitrogens with one attached hydrogen (secondary N) is 1. The van der Waals surface area contributed by atoms with Crippen molar-refractivity contribution in [1.82, 2.24) is 10.2 Å². The highest BCUT2D eigenvalue weighted by atomic mass is 16.1. The molecule has 1 atom stereocenters. The molecule has 0 saturated carbocycles. The van der Waals surface area contributed by atoms with Gasteiger partial charge in [-0.2, -0.15) is 0 Å². The fourth-order valence-electron chi connectivity index (χ4n) is 1.50. The Morgan fingerprint density at radius 2 is 2.12 bits per heavy atom. The van der Waals surface area contributed by atoms with Gasteiger partial charge in [0.05, 0.1) is 0 Å². The van der Waals surface area contributed by atoms with Crippen LogP contribution in [0.4, 0.5) is 0 Å². The normalized spacial score (nSPS) is 12.2. The topological polar surface area (TPSA) is 32.3 Å². The van der Waals surface area contributed by atoms with Gasteiger partial charge in [0.25, 0.3) is 0 Å². The van der Waals surface area contributed by atoms with Gasteiger partial charge >= 0.3 is 0 Å². The van der Waals surface area contributed by atoms with Gasteiger partial charge in [0.15, 0.2) is 0 Å². The van der Waals surface area contributed by atoms with Crippen LogP contribution in [-0.4, -0.2) is 30.4 Å². The SMILES string of the molecule is C=CC(=O)NCC(C)N(C)Cc1ccccc1. The van der Waals surface area contributed by atoms with E-state index in [0.29, 0.717) is 12.6 Å². The van der Waals surface area contributed by atoms with Crippen LogP contribution in [0.2, 0.25) is 0 Å². The second-order valence-electron chi connectivity index (χ2n) is 4.20. The largest absolute Gasteiger partial charge is 0.351 e. The second kappa shape index (κ2) is 6.86. The maximum absolute atomic E-state index is 11.0. The van der Waals surface area contributed by atoms with Crippen molar-refractivity contribution in [3.8, 4) is 0 Å². The van der Waals surface area contributed by atoms with Gasteiger partial charge in [-0.05, 0) is 25.6 Å². The van der Waals surface area contributed by atoms with E-state index in [1.165, 1.54) is 11.6 Å². The van der Waals surface area contributed by atoms with Gasteiger partial charge < -0.3 is 5.32 Å². The molecule has 0 radical (unpaired) electrons. The number of amides is 1. The van der Waals surface area contributed by atoms with Crippen LogP contribution in [0.25, 0.3) is 0 Å². The molecular weight excluding hydrogens is 212 g/mol. The Bertz CT molecular complexity index is 362. The van der Waals surface area contributed by atoms with Crippen LogP contribution in [0.15, 0.2) is 43.0 Å². The molecule has 0 aromatic heterocycles. The van der Waals surface area contributed by atoms with Gasteiger partial charge in [0.2, 0.25) is 5.91 Å². The van der Waals surface area contributed by atoms with E-state index in [1.807, 2.05) is 18.2 Å². The lowest BCUT2D eigenvalue weighted by atomic mass is 10.2. The molecule has 0 spiro atoms. The van der Waals surface area contributed by atoms with Crippen molar-refractivity contribution in [2.45, 2.75) is 19.5 Å². The zero-order valence-corrected chi connectivity index (χ0v) is 10.5. The summed E-state index contributed by atoms with van der Waals surface area (Å²) in [5.74, 6) is -0.120. The first-order valence-electron chi connectivity index (χ1n) is 5.78. The lowest BCUT2D eigenvalue weighted by Gasteiger charge is -2.24. The molecule has 0 aliphatic rings. The molecule has 92 valence electrons. The Labute approximate surface area is 103 Å². The van der Waals surface area contributed by atoms with Gasteiger partial charge in [-0.3, -0.25) is 9.69 Å². The Balaban J connectivity index is 2.39. The number of benzene rings is 1. The summed E-state index contributed by atoms with van der Waals surface area (Å²) in [7, 11) is 2.05. The molecule has 1 unspecified atom stereocenters. The summed E-state index contributed by atoms with van der Waals surface area (Å²) < 4.78 is 0. The van der Waals surface area contributed by atoms with E-state index >= 15 is 0 Å². The molecule has 1 aromatic rings. The van der Waals surface area contributed by atoms with Gasteiger partial charge in [-0.15, -0.1) is 0 Å². The standard InChI is InChI=1S/C14H20N2O/c1-4-14(17)15-10-12(2)16(3)11-13-8-6-5-7-9-13/h4-9,12H,1,10-11H2,2-3H3,(H,15,17). The number of hydrogen-bond acceptors (Lipinski definition) is 2. The molecule has 1 rings (SSSR count). The first-order valence-corrected chi connectivity index (χ1v) is 5.78. The molecule has 0 fully saturated rings. The van der Waals surface area contributed by atoms with Crippen molar-refractivity contribution < 1.29 is 4.79 Å². The minimum absolute atomic E-state index is 0.120. The lowest BCUT2D eigenvalue weighted by Crippen LogP contribution is -2.39. The molecule has 0 saturated heterocycles. The van der Waals surface area contributed by atoms with Gasteiger partial charge in [0.1, 0.15) is 0 Å². The van der Waals surface area contributed by atoms with Crippen LogP contribution in [0, 0.1) is 0 Å². The van der Waals surface area contributed by atoms with Crippen LogP contribution in [0.5, 0.6) is 0 Å². The molecule has 1 aromatic carbocycles. The molecule has 0 aliphatic heterocycles. The second-order valence-corrected chi connectivity index (χ2v) is 4.20. The molecule has 1 N–H and O–H groups in total. The zero-order valence-electron chi connectivity index (χ0n) is 10.5. The maximum Gasteiger partial charge on any atom is 0.243 e. The monoisotopic (exact) mass is 232 g/mol. The first-order chi connectivity index (χ1) is 8.13. The predicted molar refractivity (Wildman–Crippen MR) is 70.6 cm³/mol. The van der Waals surface area contributed by atoms with E-state index in [-0.39, 0.29) is 5.91 Å². The highest BCUT2D eigenvalue weighted by Crippen LogP contribution is 2.05. The smallest absolute Gasteiger partial charge is 0.243 e. The number of hydrogen-bond donors (Lipinski definition) is 1. The van der Waals surface area contributed by atoms with Crippen molar-refractivity contribution in [2.24, 2.45) is 0 Å². The minimum Gasteiger partial charge on any atom is -0.351 e. The summed E-state index contributed by atoms with van der Waals surface area (Å²) in [6.07, 6.45) is 1.30. The van der Waals surface area contributed by atoms with Crippen LogP contribution in [-0.2, 0) is 11.3 Å². The fourth-order valence-corrected chi connectivity index (χ4v) is 1.50. The van der Waals surface area contributed by atoms with Crippen molar-refractivity contribution in [1.29, 1.82) is 0 Å². The highest BCUT2D eigenvalue weighted by Gasteiger charge is 2.09. The summed E-state index contributed by atoms with van der Waals surface area (Å²) in [5.41, 5.74) is 1.27. The zero-order chi connectivity index (χ0) is 12.7. The average molecular weight is 232 g/mol. The van der Waals surface area contributed by atoms with Crippen LogP contribution >= 0.6 is 0 Å². The number of carbonyl (C=O) groups is 1.